The van der Waals surface area contributed by atoms with Gasteiger partial charge >= 0.3 is 12.1 Å². The molecule has 0 aliphatic rings. The first kappa shape index (κ1) is 24.7. The van der Waals surface area contributed by atoms with E-state index in [-0.39, 0.29) is 11.1 Å². The predicted molar refractivity (Wildman–Crippen MR) is 121 cm³/mol. The molecule has 0 unspecified atom stereocenters. The number of hydrogen-bond donors (Lipinski definition) is 1. The zero-order valence-electron chi connectivity index (χ0n) is 18.8. The number of esters is 1. The highest BCUT2D eigenvalue weighted by Crippen LogP contribution is 2.40. The molecule has 0 bridgehead atoms. The number of halogens is 1. The molecule has 0 saturated carbocycles. The van der Waals surface area contributed by atoms with Crippen LogP contribution in [0.15, 0.2) is 53.4 Å². The van der Waals surface area contributed by atoms with Crippen LogP contribution >= 0.6 is 11.8 Å². The molecule has 0 aliphatic carbocycles. The molecule has 31 heavy (non-hydrogen) atoms. The molecular formula is C24H30FNO4S. The van der Waals surface area contributed by atoms with Crippen molar-refractivity contribution in [2.75, 3.05) is 0 Å². The summed E-state index contributed by atoms with van der Waals surface area (Å²) in [5.74, 6) is -0.852. The van der Waals surface area contributed by atoms with Gasteiger partial charge < -0.3 is 14.8 Å². The van der Waals surface area contributed by atoms with Crippen LogP contribution in [0.4, 0.5) is 9.18 Å². The first-order chi connectivity index (χ1) is 14.5. The summed E-state index contributed by atoms with van der Waals surface area (Å²) in [7, 11) is 0. The van der Waals surface area contributed by atoms with Crippen LogP contribution in [0, 0.1) is 12.7 Å². The molecule has 2 aromatic carbocycles. The summed E-state index contributed by atoms with van der Waals surface area (Å²) in [6, 6.07) is 13.4. The fourth-order valence-corrected chi connectivity index (χ4v) is 4.06. The van der Waals surface area contributed by atoms with Crippen molar-refractivity contribution in [1.82, 2.24) is 5.32 Å². The lowest BCUT2D eigenvalue weighted by molar-refractivity contribution is -0.150. The fourth-order valence-electron chi connectivity index (χ4n) is 2.85. The SMILES string of the molecule is Cc1cc(F)ccc1S[C@H](c1ccccc1)[C@H](C)OC(=O)[C@H](C)NC(=O)OC(C)(C)C. The van der Waals surface area contributed by atoms with Gasteiger partial charge in [-0.1, -0.05) is 30.3 Å². The standard InChI is InChI=1S/C24H30FNO4S/c1-15-14-19(25)12-13-20(15)31-21(18-10-8-7-9-11-18)17(3)29-22(27)16(2)26-23(28)30-24(4,5)6/h7-14,16-17,21H,1-6H3,(H,26,28)/t16-,17-,21-/m0/s1. The number of amides is 1. The van der Waals surface area contributed by atoms with E-state index >= 15 is 0 Å². The monoisotopic (exact) mass is 447 g/mol. The van der Waals surface area contributed by atoms with Crippen LogP contribution in [0.25, 0.3) is 0 Å². The third-order valence-corrected chi connectivity index (χ3v) is 5.96. The quantitative estimate of drug-likeness (QED) is 0.428. The van der Waals surface area contributed by atoms with E-state index in [1.807, 2.05) is 44.2 Å². The maximum absolute atomic E-state index is 13.5. The molecule has 0 aliphatic heterocycles. The highest BCUT2D eigenvalue weighted by molar-refractivity contribution is 7.99. The lowest BCUT2D eigenvalue weighted by atomic mass is 10.1. The smallest absolute Gasteiger partial charge is 0.408 e. The summed E-state index contributed by atoms with van der Waals surface area (Å²) in [4.78, 5) is 25.4. The average Bonchev–Trinajstić information content (AvgIpc) is 2.66. The van der Waals surface area contributed by atoms with Crippen molar-refractivity contribution in [3.63, 3.8) is 0 Å². The minimum absolute atomic E-state index is 0.219. The Morgan fingerprint density at radius 3 is 2.29 bits per heavy atom. The summed E-state index contributed by atoms with van der Waals surface area (Å²) < 4.78 is 24.4. The molecule has 0 aromatic heterocycles. The maximum Gasteiger partial charge on any atom is 0.408 e. The third kappa shape index (κ3) is 7.90. The highest BCUT2D eigenvalue weighted by Gasteiger charge is 2.28. The van der Waals surface area contributed by atoms with Crippen LogP contribution < -0.4 is 5.32 Å². The predicted octanol–water partition coefficient (Wildman–Crippen LogP) is 5.81. The van der Waals surface area contributed by atoms with E-state index in [1.165, 1.54) is 23.9 Å². The van der Waals surface area contributed by atoms with Crippen LogP contribution in [0.2, 0.25) is 0 Å². The zero-order chi connectivity index (χ0) is 23.2. The van der Waals surface area contributed by atoms with E-state index < -0.39 is 29.8 Å². The van der Waals surface area contributed by atoms with Crippen molar-refractivity contribution in [2.45, 2.75) is 69.4 Å². The van der Waals surface area contributed by atoms with Gasteiger partial charge in [0.05, 0.1) is 5.25 Å². The van der Waals surface area contributed by atoms with Gasteiger partial charge in [0.25, 0.3) is 0 Å². The van der Waals surface area contributed by atoms with Gasteiger partial charge in [-0.3, -0.25) is 0 Å². The number of carbonyl (C=O) groups is 2. The van der Waals surface area contributed by atoms with Crippen molar-refractivity contribution >= 4 is 23.8 Å². The molecule has 1 N–H and O–H groups in total. The number of alkyl carbamates (subject to hydrolysis) is 1. The van der Waals surface area contributed by atoms with Crippen molar-refractivity contribution in [3.8, 4) is 0 Å². The first-order valence-corrected chi connectivity index (χ1v) is 11.0. The van der Waals surface area contributed by atoms with Gasteiger partial charge in [-0.05, 0) is 70.9 Å². The Hall–Kier alpha value is -2.54. The molecule has 0 heterocycles. The molecule has 5 nitrogen and oxygen atoms in total. The zero-order valence-corrected chi connectivity index (χ0v) is 19.6. The molecule has 3 atom stereocenters. The van der Waals surface area contributed by atoms with E-state index in [0.717, 1.165) is 16.0 Å². The summed E-state index contributed by atoms with van der Waals surface area (Å²) in [6.45, 7) is 10.4. The Morgan fingerprint density at radius 1 is 1.06 bits per heavy atom. The number of hydrogen-bond acceptors (Lipinski definition) is 5. The molecule has 2 rings (SSSR count). The van der Waals surface area contributed by atoms with Crippen molar-refractivity contribution in [1.29, 1.82) is 0 Å². The van der Waals surface area contributed by atoms with Gasteiger partial charge in [-0.2, -0.15) is 0 Å². The molecular weight excluding hydrogens is 417 g/mol. The lowest BCUT2D eigenvalue weighted by Gasteiger charge is -2.26. The van der Waals surface area contributed by atoms with E-state index in [2.05, 4.69) is 5.32 Å². The van der Waals surface area contributed by atoms with Crippen molar-refractivity contribution < 1.29 is 23.5 Å². The van der Waals surface area contributed by atoms with Crippen LogP contribution in [0.3, 0.4) is 0 Å². The molecule has 0 saturated heterocycles. The molecule has 0 radical (unpaired) electrons. The third-order valence-electron chi connectivity index (χ3n) is 4.33. The second-order valence-electron chi connectivity index (χ2n) is 8.37. The second-order valence-corrected chi connectivity index (χ2v) is 9.55. The van der Waals surface area contributed by atoms with Gasteiger partial charge in [-0.15, -0.1) is 11.8 Å². The van der Waals surface area contributed by atoms with Gasteiger partial charge in [0.15, 0.2) is 0 Å². The number of benzene rings is 2. The molecule has 0 fully saturated rings. The number of aryl methyl sites for hydroxylation is 1. The van der Waals surface area contributed by atoms with Crippen molar-refractivity contribution in [3.05, 3.63) is 65.5 Å². The van der Waals surface area contributed by atoms with Crippen LogP contribution in [-0.4, -0.2) is 29.8 Å². The number of rotatable bonds is 7. The maximum atomic E-state index is 13.5. The Labute approximate surface area is 187 Å². The van der Waals surface area contributed by atoms with Crippen LogP contribution in [-0.2, 0) is 14.3 Å². The molecule has 1 amide bonds. The van der Waals surface area contributed by atoms with Crippen molar-refractivity contribution in [2.24, 2.45) is 0 Å². The summed E-state index contributed by atoms with van der Waals surface area (Å²) in [5.41, 5.74) is 1.12. The largest absolute Gasteiger partial charge is 0.460 e. The minimum Gasteiger partial charge on any atom is -0.460 e. The Bertz CT molecular complexity index is 898. The Balaban J connectivity index is 2.13. The Kier molecular flexibility index (Phi) is 8.51. The van der Waals surface area contributed by atoms with E-state index in [0.29, 0.717) is 0 Å². The number of thioether (sulfide) groups is 1. The molecule has 7 heteroatoms. The van der Waals surface area contributed by atoms with Gasteiger partial charge in [0.2, 0.25) is 0 Å². The van der Waals surface area contributed by atoms with Gasteiger partial charge in [0, 0.05) is 4.90 Å². The number of ether oxygens (including phenoxy) is 2. The lowest BCUT2D eigenvalue weighted by Crippen LogP contribution is -2.43. The minimum atomic E-state index is -0.869. The highest BCUT2D eigenvalue weighted by atomic mass is 32.2. The molecule has 2 aromatic rings. The summed E-state index contributed by atoms with van der Waals surface area (Å²) >= 11 is 1.50. The van der Waals surface area contributed by atoms with Gasteiger partial charge in [-0.25, -0.2) is 14.0 Å². The van der Waals surface area contributed by atoms with Crippen LogP contribution in [0.1, 0.15) is 51.0 Å². The number of carbonyl (C=O) groups excluding carboxylic acids is 2. The molecule has 0 spiro atoms. The summed E-state index contributed by atoms with van der Waals surface area (Å²) in [5, 5.41) is 2.28. The van der Waals surface area contributed by atoms with Gasteiger partial charge in [0.1, 0.15) is 23.6 Å². The van der Waals surface area contributed by atoms with E-state index in [1.54, 1.807) is 33.8 Å². The summed E-state index contributed by atoms with van der Waals surface area (Å²) in [6.07, 6.45) is -1.19. The van der Waals surface area contributed by atoms with E-state index in [9.17, 15) is 14.0 Å². The van der Waals surface area contributed by atoms with Crippen LogP contribution in [0.5, 0.6) is 0 Å². The second kappa shape index (κ2) is 10.7. The Morgan fingerprint density at radius 2 is 1.71 bits per heavy atom. The van der Waals surface area contributed by atoms with E-state index in [4.69, 9.17) is 9.47 Å². The first-order valence-electron chi connectivity index (χ1n) is 10.1. The fraction of sp³-hybridized carbons (Fsp3) is 0.417. The average molecular weight is 448 g/mol. The topological polar surface area (TPSA) is 64.6 Å². The molecule has 168 valence electrons. The normalized spacial score (nSPS) is 14.3. The number of nitrogens with one attached hydrogen (secondary N) is 1.